The molecule has 0 amide bonds. The maximum atomic E-state index is 10.6. The zero-order valence-electron chi connectivity index (χ0n) is 11.0. The van der Waals surface area contributed by atoms with Gasteiger partial charge in [-0.3, -0.25) is 0 Å². The predicted molar refractivity (Wildman–Crippen MR) is 83.5 cm³/mol. The molecule has 1 aliphatic heterocycles. The van der Waals surface area contributed by atoms with Gasteiger partial charge in [0.15, 0.2) is 0 Å². The molecular weight excluding hydrogens is 268 g/mol. The molecule has 0 saturated heterocycles. The number of fused-ring (bicyclic) bond motifs is 1. The molecule has 0 unspecified atom stereocenters. The number of aliphatic hydroxyl groups excluding tert-OH is 2. The molecule has 0 fully saturated rings. The number of hydrogen-bond acceptors (Lipinski definition) is 3. The fraction of sp³-hybridized carbons (Fsp3) is 0.0588. The van der Waals surface area contributed by atoms with Crippen LogP contribution in [0.3, 0.4) is 0 Å². The van der Waals surface area contributed by atoms with Gasteiger partial charge in [0.25, 0.3) is 0 Å². The van der Waals surface area contributed by atoms with Gasteiger partial charge in [-0.05, 0) is 18.6 Å². The second-order valence-corrected chi connectivity index (χ2v) is 5.85. The number of rotatable bonds is 1. The van der Waals surface area contributed by atoms with E-state index in [1.165, 1.54) is 11.8 Å². The summed E-state index contributed by atoms with van der Waals surface area (Å²) in [7, 11) is 0. The Balaban J connectivity index is 2.31. The lowest BCUT2D eigenvalue weighted by Gasteiger charge is -2.10. The van der Waals surface area contributed by atoms with Crippen molar-refractivity contribution in [3.63, 3.8) is 0 Å². The molecule has 1 aliphatic rings. The quantitative estimate of drug-likeness (QED) is 0.772. The second-order valence-electron chi connectivity index (χ2n) is 4.59. The zero-order chi connectivity index (χ0) is 14.1. The highest BCUT2D eigenvalue weighted by atomic mass is 32.2. The Bertz CT molecular complexity index is 715. The van der Waals surface area contributed by atoms with Crippen LogP contribution in [0.15, 0.2) is 70.2 Å². The summed E-state index contributed by atoms with van der Waals surface area (Å²) in [5.41, 5.74) is 2.04. The van der Waals surface area contributed by atoms with Gasteiger partial charge >= 0.3 is 0 Å². The van der Waals surface area contributed by atoms with Crippen molar-refractivity contribution < 1.29 is 10.2 Å². The van der Waals surface area contributed by atoms with E-state index in [0.717, 1.165) is 20.9 Å². The minimum Gasteiger partial charge on any atom is -0.506 e. The molecule has 0 bridgehead atoms. The van der Waals surface area contributed by atoms with Crippen LogP contribution < -0.4 is 0 Å². The van der Waals surface area contributed by atoms with Crippen molar-refractivity contribution in [1.29, 1.82) is 0 Å². The third-order valence-electron chi connectivity index (χ3n) is 3.27. The molecule has 0 radical (unpaired) electrons. The van der Waals surface area contributed by atoms with E-state index >= 15 is 0 Å². The lowest BCUT2D eigenvalue weighted by Crippen LogP contribution is -1.95. The molecule has 2 aromatic rings. The molecule has 0 saturated carbocycles. The molecule has 20 heavy (non-hydrogen) atoms. The number of aliphatic hydroxyl groups is 2. The average Bonchev–Trinajstić information content (AvgIpc) is 2.57. The Kier molecular flexibility index (Phi) is 3.28. The van der Waals surface area contributed by atoms with Crippen molar-refractivity contribution in [3.05, 3.63) is 76.4 Å². The van der Waals surface area contributed by atoms with Crippen LogP contribution in [0.4, 0.5) is 0 Å². The number of benzene rings is 2. The molecule has 2 nitrogen and oxygen atoms in total. The highest BCUT2D eigenvalue weighted by Gasteiger charge is 2.23. The van der Waals surface area contributed by atoms with Crippen LogP contribution in [-0.2, 0) is 0 Å². The predicted octanol–water partition coefficient (Wildman–Crippen LogP) is 5.01. The van der Waals surface area contributed by atoms with Crippen molar-refractivity contribution in [3.8, 4) is 0 Å². The first-order valence-electron chi connectivity index (χ1n) is 6.34. The van der Waals surface area contributed by atoms with Crippen LogP contribution in [0.25, 0.3) is 11.3 Å². The van der Waals surface area contributed by atoms with Crippen LogP contribution in [0.1, 0.15) is 18.1 Å². The van der Waals surface area contributed by atoms with Gasteiger partial charge < -0.3 is 10.2 Å². The number of allylic oxidation sites excluding steroid dienone is 2. The summed E-state index contributed by atoms with van der Waals surface area (Å²) in [6.45, 7) is 1.86. The normalized spacial score (nSPS) is 15.1. The Hall–Kier alpha value is -2.13. The Morgan fingerprint density at radius 1 is 0.800 bits per heavy atom. The SMILES string of the molecule is CC1=C(O)C(c2ccccc2)=C(O)c2ccccc2S1. The van der Waals surface area contributed by atoms with E-state index in [2.05, 4.69) is 0 Å². The molecule has 100 valence electrons. The minimum atomic E-state index is 0.119. The van der Waals surface area contributed by atoms with E-state index < -0.39 is 0 Å². The summed E-state index contributed by atoms with van der Waals surface area (Å²) >= 11 is 1.47. The van der Waals surface area contributed by atoms with Crippen LogP contribution in [0.2, 0.25) is 0 Å². The fourth-order valence-corrected chi connectivity index (χ4v) is 3.22. The summed E-state index contributed by atoms with van der Waals surface area (Å²) in [4.78, 5) is 1.72. The van der Waals surface area contributed by atoms with Gasteiger partial charge in [0, 0.05) is 15.4 Å². The molecule has 0 aromatic heterocycles. The second kappa shape index (κ2) is 5.10. The molecule has 0 spiro atoms. The van der Waals surface area contributed by atoms with E-state index in [1.807, 2.05) is 61.5 Å². The monoisotopic (exact) mass is 282 g/mol. The van der Waals surface area contributed by atoms with Crippen molar-refractivity contribution >= 4 is 23.1 Å². The van der Waals surface area contributed by atoms with Gasteiger partial charge in [-0.2, -0.15) is 0 Å². The summed E-state index contributed by atoms with van der Waals surface area (Å²) < 4.78 is 0. The largest absolute Gasteiger partial charge is 0.506 e. The molecule has 3 heteroatoms. The van der Waals surface area contributed by atoms with Crippen LogP contribution in [0.5, 0.6) is 0 Å². The van der Waals surface area contributed by atoms with Crippen LogP contribution >= 0.6 is 11.8 Å². The summed E-state index contributed by atoms with van der Waals surface area (Å²) in [5.74, 6) is 0.253. The minimum absolute atomic E-state index is 0.119. The molecule has 0 aliphatic carbocycles. The highest BCUT2D eigenvalue weighted by Crippen LogP contribution is 2.43. The van der Waals surface area contributed by atoms with Gasteiger partial charge in [0.05, 0.1) is 5.57 Å². The first-order valence-corrected chi connectivity index (χ1v) is 7.16. The van der Waals surface area contributed by atoms with Gasteiger partial charge in [0.1, 0.15) is 11.5 Å². The fourth-order valence-electron chi connectivity index (χ4n) is 2.27. The number of hydrogen-bond donors (Lipinski definition) is 2. The third-order valence-corrected chi connectivity index (χ3v) is 4.35. The smallest absolute Gasteiger partial charge is 0.136 e. The maximum Gasteiger partial charge on any atom is 0.136 e. The Morgan fingerprint density at radius 2 is 1.45 bits per heavy atom. The highest BCUT2D eigenvalue weighted by molar-refractivity contribution is 8.03. The first kappa shape index (κ1) is 12.9. The van der Waals surface area contributed by atoms with Crippen molar-refractivity contribution in [2.45, 2.75) is 11.8 Å². The van der Waals surface area contributed by atoms with Gasteiger partial charge in [0.2, 0.25) is 0 Å². The van der Waals surface area contributed by atoms with Crippen LogP contribution in [-0.4, -0.2) is 10.2 Å². The lowest BCUT2D eigenvalue weighted by atomic mass is 9.99. The topological polar surface area (TPSA) is 40.5 Å². The molecule has 1 heterocycles. The first-order chi connectivity index (χ1) is 9.68. The molecular formula is C17H14O2S. The van der Waals surface area contributed by atoms with Gasteiger partial charge in [-0.1, -0.05) is 60.3 Å². The standard InChI is InChI=1S/C17H14O2S/c1-11-16(18)15(12-7-3-2-4-8-12)17(19)13-9-5-6-10-14(13)20-11/h2-10,18-19H,1H3. The Labute approximate surface area is 122 Å². The van der Waals surface area contributed by atoms with Crippen molar-refractivity contribution in [2.75, 3.05) is 0 Å². The third kappa shape index (κ3) is 2.10. The zero-order valence-corrected chi connectivity index (χ0v) is 11.8. The summed E-state index contributed by atoms with van der Waals surface area (Å²) in [6.07, 6.45) is 0. The molecule has 0 atom stereocenters. The van der Waals surface area contributed by atoms with Crippen LogP contribution in [0, 0.1) is 0 Å². The maximum absolute atomic E-state index is 10.6. The van der Waals surface area contributed by atoms with E-state index in [0.29, 0.717) is 5.57 Å². The van der Waals surface area contributed by atoms with Gasteiger partial charge in [-0.15, -0.1) is 0 Å². The average molecular weight is 282 g/mol. The Morgan fingerprint density at radius 3 is 2.20 bits per heavy atom. The van der Waals surface area contributed by atoms with Crippen molar-refractivity contribution in [1.82, 2.24) is 0 Å². The van der Waals surface area contributed by atoms with Crippen molar-refractivity contribution in [2.24, 2.45) is 0 Å². The van der Waals surface area contributed by atoms with E-state index in [9.17, 15) is 10.2 Å². The van der Waals surface area contributed by atoms with E-state index in [1.54, 1.807) is 0 Å². The van der Waals surface area contributed by atoms with Gasteiger partial charge in [-0.25, -0.2) is 0 Å². The molecule has 3 rings (SSSR count). The molecule has 2 N–H and O–H groups in total. The number of thioether (sulfide) groups is 1. The summed E-state index contributed by atoms with van der Waals surface area (Å²) in [5, 5.41) is 21.1. The summed E-state index contributed by atoms with van der Waals surface area (Å²) in [6, 6.07) is 17.1. The lowest BCUT2D eigenvalue weighted by molar-refractivity contribution is 0.431. The van der Waals surface area contributed by atoms with E-state index in [4.69, 9.17) is 0 Å². The molecule has 2 aromatic carbocycles. The van der Waals surface area contributed by atoms with E-state index in [-0.39, 0.29) is 11.5 Å².